The van der Waals surface area contributed by atoms with E-state index in [1.165, 1.54) is 0 Å². The monoisotopic (exact) mass is 462 g/mol. The fourth-order valence-electron chi connectivity index (χ4n) is 2.39. The second-order valence-corrected chi connectivity index (χ2v) is 7.33. The molecule has 0 fully saturated rings. The molecular weight excluding hydrogens is 432 g/mol. The van der Waals surface area contributed by atoms with Gasteiger partial charge in [-0.1, -0.05) is 20.3 Å². The molecular formula is C17H30N6O7S. The number of carbonyl (C=O) groups is 6. The van der Waals surface area contributed by atoms with Crippen LogP contribution in [0.3, 0.4) is 0 Å². The largest absolute Gasteiger partial charge is 0.480 e. The zero-order chi connectivity index (χ0) is 24.3. The highest BCUT2D eigenvalue weighted by Crippen LogP contribution is 2.09. The Balaban J connectivity index is 5.56. The smallest absolute Gasteiger partial charge is 0.326 e. The van der Waals surface area contributed by atoms with Crippen molar-refractivity contribution in [2.24, 2.45) is 23.1 Å². The SMILES string of the molecule is CCC(C)C(NC(=O)C(CC(N)=O)NC(=O)C(CC(N)=O)NC(=O)C(N)CS)C(=O)O. The molecule has 176 valence electrons. The van der Waals surface area contributed by atoms with Gasteiger partial charge < -0.3 is 38.3 Å². The number of hydrogen-bond acceptors (Lipinski definition) is 8. The van der Waals surface area contributed by atoms with E-state index in [1.54, 1.807) is 13.8 Å². The molecule has 0 rings (SSSR count). The van der Waals surface area contributed by atoms with Gasteiger partial charge in [0.25, 0.3) is 0 Å². The Kier molecular flexibility index (Phi) is 12.2. The first-order valence-electron chi connectivity index (χ1n) is 9.40. The van der Waals surface area contributed by atoms with Crippen molar-refractivity contribution in [2.45, 2.75) is 57.3 Å². The summed E-state index contributed by atoms with van der Waals surface area (Å²) in [7, 11) is 0. The maximum Gasteiger partial charge on any atom is 0.326 e. The number of nitrogens with one attached hydrogen (secondary N) is 3. The van der Waals surface area contributed by atoms with E-state index in [1.807, 2.05) is 0 Å². The fraction of sp³-hybridized carbons (Fsp3) is 0.647. The van der Waals surface area contributed by atoms with Crippen molar-refractivity contribution in [1.82, 2.24) is 16.0 Å². The van der Waals surface area contributed by atoms with Gasteiger partial charge in [0.2, 0.25) is 29.5 Å². The van der Waals surface area contributed by atoms with E-state index >= 15 is 0 Å². The maximum absolute atomic E-state index is 12.6. The van der Waals surface area contributed by atoms with E-state index < -0.39 is 78.4 Å². The molecule has 13 nitrogen and oxygen atoms in total. The molecule has 0 heterocycles. The summed E-state index contributed by atoms with van der Waals surface area (Å²) in [6.45, 7) is 3.33. The number of nitrogens with two attached hydrogens (primary N) is 3. The minimum Gasteiger partial charge on any atom is -0.480 e. The van der Waals surface area contributed by atoms with E-state index in [9.17, 15) is 33.9 Å². The van der Waals surface area contributed by atoms with Gasteiger partial charge in [-0.25, -0.2) is 4.79 Å². The topological polar surface area (TPSA) is 237 Å². The Labute approximate surface area is 184 Å². The molecule has 0 bridgehead atoms. The Hall–Kier alpha value is -2.87. The predicted molar refractivity (Wildman–Crippen MR) is 112 cm³/mol. The second-order valence-electron chi connectivity index (χ2n) is 6.96. The van der Waals surface area contributed by atoms with Gasteiger partial charge in [0.15, 0.2) is 0 Å². The van der Waals surface area contributed by atoms with E-state index in [4.69, 9.17) is 17.2 Å². The first kappa shape index (κ1) is 28.1. The molecule has 0 aliphatic rings. The van der Waals surface area contributed by atoms with Crippen LogP contribution in [-0.2, 0) is 28.8 Å². The van der Waals surface area contributed by atoms with Crippen LogP contribution in [0.15, 0.2) is 0 Å². The molecule has 0 saturated heterocycles. The molecule has 0 spiro atoms. The van der Waals surface area contributed by atoms with E-state index in [0.717, 1.165) is 0 Å². The number of primary amides is 2. The van der Waals surface area contributed by atoms with E-state index in [-0.39, 0.29) is 5.75 Å². The van der Waals surface area contributed by atoms with Gasteiger partial charge in [0, 0.05) is 5.75 Å². The molecule has 31 heavy (non-hydrogen) atoms. The summed E-state index contributed by atoms with van der Waals surface area (Å²) in [5, 5.41) is 16.0. The van der Waals surface area contributed by atoms with Crippen molar-refractivity contribution >= 4 is 48.1 Å². The number of hydrogen-bond donors (Lipinski definition) is 8. The van der Waals surface area contributed by atoms with Crippen LogP contribution < -0.4 is 33.2 Å². The minimum atomic E-state index is -1.55. The van der Waals surface area contributed by atoms with Crippen LogP contribution in [0.4, 0.5) is 0 Å². The van der Waals surface area contributed by atoms with Gasteiger partial charge in [-0.3, -0.25) is 24.0 Å². The molecule has 5 amide bonds. The number of carboxylic acids is 1. The minimum absolute atomic E-state index is 0.0460. The van der Waals surface area contributed by atoms with Crippen molar-refractivity contribution in [3.05, 3.63) is 0 Å². The van der Waals surface area contributed by atoms with Crippen molar-refractivity contribution in [3.63, 3.8) is 0 Å². The average molecular weight is 463 g/mol. The Morgan fingerprint density at radius 3 is 1.65 bits per heavy atom. The summed E-state index contributed by atoms with van der Waals surface area (Å²) >= 11 is 3.86. The maximum atomic E-state index is 12.6. The number of thiol groups is 1. The van der Waals surface area contributed by atoms with E-state index in [0.29, 0.717) is 6.42 Å². The molecule has 14 heteroatoms. The van der Waals surface area contributed by atoms with E-state index in [2.05, 4.69) is 28.6 Å². The van der Waals surface area contributed by atoms with Crippen molar-refractivity contribution < 1.29 is 33.9 Å². The number of amides is 5. The lowest BCUT2D eigenvalue weighted by molar-refractivity contribution is -0.144. The molecule has 0 aromatic heterocycles. The summed E-state index contributed by atoms with van der Waals surface area (Å²) in [4.78, 5) is 71.2. The molecule has 5 atom stereocenters. The van der Waals surface area contributed by atoms with Crippen LogP contribution in [0, 0.1) is 5.92 Å². The van der Waals surface area contributed by atoms with Crippen LogP contribution >= 0.6 is 12.6 Å². The highest BCUT2D eigenvalue weighted by atomic mass is 32.1. The summed E-state index contributed by atoms with van der Waals surface area (Å²) in [5.41, 5.74) is 15.7. The molecule has 0 radical (unpaired) electrons. The Bertz CT molecular complexity index is 704. The highest BCUT2D eigenvalue weighted by molar-refractivity contribution is 7.80. The zero-order valence-corrected chi connectivity index (χ0v) is 18.2. The van der Waals surface area contributed by atoms with Crippen molar-refractivity contribution in [1.29, 1.82) is 0 Å². The summed E-state index contributed by atoms with van der Waals surface area (Å²) < 4.78 is 0. The predicted octanol–water partition coefficient (Wildman–Crippen LogP) is -3.42. The third kappa shape index (κ3) is 10.1. The normalized spacial score (nSPS) is 15.5. The van der Waals surface area contributed by atoms with Crippen molar-refractivity contribution in [3.8, 4) is 0 Å². The molecule has 0 aliphatic carbocycles. The third-order valence-electron chi connectivity index (χ3n) is 4.39. The number of carboxylic acid groups (broad SMARTS) is 1. The van der Waals surface area contributed by atoms with Gasteiger partial charge in [0.1, 0.15) is 18.1 Å². The highest BCUT2D eigenvalue weighted by Gasteiger charge is 2.33. The third-order valence-corrected chi connectivity index (χ3v) is 4.78. The first-order chi connectivity index (χ1) is 14.3. The van der Waals surface area contributed by atoms with Gasteiger partial charge in [-0.05, 0) is 5.92 Å². The van der Waals surface area contributed by atoms with Gasteiger partial charge in [-0.2, -0.15) is 12.6 Å². The number of carbonyl (C=O) groups excluding carboxylic acids is 5. The number of aliphatic carboxylic acids is 1. The van der Waals surface area contributed by atoms with Gasteiger partial charge in [-0.15, -0.1) is 0 Å². The van der Waals surface area contributed by atoms with Gasteiger partial charge in [0.05, 0.1) is 18.9 Å². The first-order valence-corrected chi connectivity index (χ1v) is 10.0. The Morgan fingerprint density at radius 1 is 0.871 bits per heavy atom. The fourth-order valence-corrected chi connectivity index (χ4v) is 2.56. The lowest BCUT2D eigenvalue weighted by Crippen LogP contribution is -2.59. The van der Waals surface area contributed by atoms with Crippen LogP contribution in [-0.4, -0.2) is 70.5 Å². The zero-order valence-electron chi connectivity index (χ0n) is 17.3. The Morgan fingerprint density at radius 2 is 1.29 bits per heavy atom. The standard InChI is InChI=1S/C17H30N6O7S/c1-3-7(2)13(17(29)30)23-16(28)10(5-12(20)25)22-15(27)9(4-11(19)24)21-14(26)8(18)6-31/h7-10,13,31H,3-6,18H2,1-2H3,(H2,19,24)(H2,20,25)(H,21,26)(H,22,27)(H,23,28)(H,29,30). The lowest BCUT2D eigenvalue weighted by atomic mass is 9.98. The molecule has 0 aliphatic heterocycles. The van der Waals surface area contributed by atoms with Crippen LogP contribution in [0.25, 0.3) is 0 Å². The summed E-state index contributed by atoms with van der Waals surface area (Å²) in [6.07, 6.45) is -0.841. The van der Waals surface area contributed by atoms with Crippen LogP contribution in [0.5, 0.6) is 0 Å². The average Bonchev–Trinajstić information content (AvgIpc) is 2.68. The van der Waals surface area contributed by atoms with Gasteiger partial charge >= 0.3 is 5.97 Å². The quantitative estimate of drug-likeness (QED) is 0.121. The molecule has 5 unspecified atom stereocenters. The van der Waals surface area contributed by atoms with Crippen LogP contribution in [0.2, 0.25) is 0 Å². The van der Waals surface area contributed by atoms with Crippen molar-refractivity contribution in [2.75, 3.05) is 5.75 Å². The summed E-state index contributed by atoms with van der Waals surface area (Å²) in [5.74, 6) is -6.47. The molecule has 10 N–H and O–H groups in total. The molecule has 0 saturated carbocycles. The molecule has 0 aromatic rings. The molecule has 0 aromatic carbocycles. The number of rotatable bonds is 14. The summed E-state index contributed by atoms with van der Waals surface area (Å²) in [6, 6.07) is -5.41. The lowest BCUT2D eigenvalue weighted by Gasteiger charge is -2.25. The second kappa shape index (κ2) is 13.4. The van der Waals surface area contributed by atoms with Crippen LogP contribution in [0.1, 0.15) is 33.1 Å².